The highest BCUT2D eigenvalue weighted by Crippen LogP contribution is 2.64. The van der Waals surface area contributed by atoms with Crippen LogP contribution in [0, 0.1) is 23.2 Å². The second-order valence-corrected chi connectivity index (χ2v) is 12.6. The molecule has 0 aromatic carbocycles. The van der Waals surface area contributed by atoms with Crippen LogP contribution in [0.1, 0.15) is 60.3 Å². The number of amides is 6. The van der Waals surface area contributed by atoms with Crippen LogP contribution in [0.5, 0.6) is 0 Å². The van der Waals surface area contributed by atoms with Gasteiger partial charge in [-0.25, -0.2) is 4.79 Å². The fraction of sp³-hybridized carbons (Fsp3) is 0.704. The topological polar surface area (TPSA) is 180 Å². The molecule has 0 spiro atoms. The summed E-state index contributed by atoms with van der Waals surface area (Å²) in [5.41, 5.74) is 4.48. The molecule has 0 aromatic heterocycles. The molecule has 1 heterocycles. The van der Waals surface area contributed by atoms with Gasteiger partial charge < -0.3 is 31.9 Å². The van der Waals surface area contributed by atoms with Gasteiger partial charge in [-0.3, -0.25) is 24.0 Å². The second kappa shape index (κ2) is 11.4. The van der Waals surface area contributed by atoms with Crippen molar-refractivity contribution in [1.29, 1.82) is 0 Å². The van der Waals surface area contributed by atoms with Crippen molar-refractivity contribution in [1.82, 2.24) is 26.2 Å². The number of nitrogens with two attached hydrogens (primary N) is 1. The Hall–Kier alpha value is -3.44. The molecule has 2 aliphatic carbocycles. The van der Waals surface area contributed by atoms with Crippen LogP contribution in [0.3, 0.4) is 0 Å². The highest BCUT2D eigenvalue weighted by molar-refractivity contribution is 6.37. The average molecular weight is 547 g/mol. The van der Waals surface area contributed by atoms with Crippen molar-refractivity contribution in [3.05, 3.63) is 12.7 Å². The van der Waals surface area contributed by atoms with Crippen molar-refractivity contribution >= 4 is 35.4 Å². The second-order valence-electron chi connectivity index (χ2n) is 12.6. The first-order chi connectivity index (χ1) is 18.1. The normalized spacial score (nSPS) is 24.7. The van der Waals surface area contributed by atoms with Gasteiger partial charge in [-0.05, 0) is 56.4 Å². The molecule has 0 radical (unpaired) electrons. The lowest BCUT2D eigenvalue weighted by Crippen LogP contribution is -2.61. The maximum Gasteiger partial charge on any atom is 0.315 e. The van der Waals surface area contributed by atoms with Crippen LogP contribution in [0.15, 0.2) is 12.7 Å². The quantitative estimate of drug-likeness (QED) is 0.179. The molecule has 216 valence electrons. The summed E-state index contributed by atoms with van der Waals surface area (Å²) in [5.74, 6) is -3.47. The fourth-order valence-electron chi connectivity index (χ4n) is 5.75. The molecule has 5 atom stereocenters. The number of hydrogen-bond donors (Lipinski definition) is 5. The van der Waals surface area contributed by atoms with Crippen molar-refractivity contribution in [2.24, 2.45) is 28.9 Å². The Labute approximate surface area is 229 Å². The van der Waals surface area contributed by atoms with Gasteiger partial charge in [-0.15, -0.1) is 0 Å². The third-order valence-electron chi connectivity index (χ3n) is 8.19. The standard InChI is InChI=1S/C27H42N6O6/c1-7-18(34)29-12-17(31-25(39)32-26(2,3)4)24(38)33-13-15-19(27(15,5)6)20(33)23(37)30-16(21(35)22(28)36)11-14-9-8-10-14/h7,14-17,19-20H,1,8-13H2,2-6H3,(H2,28,36)(H,29,34)(H,30,37)(H2,31,32,39)/t15-,16?,17-,19-,20-/m0/s1. The van der Waals surface area contributed by atoms with Crippen molar-refractivity contribution in [2.75, 3.05) is 13.1 Å². The van der Waals surface area contributed by atoms with E-state index < -0.39 is 59.1 Å². The number of carbonyl (C=O) groups is 6. The zero-order valence-electron chi connectivity index (χ0n) is 23.5. The van der Waals surface area contributed by atoms with Gasteiger partial charge in [0.1, 0.15) is 12.1 Å². The molecule has 6 amide bonds. The van der Waals surface area contributed by atoms with Crippen molar-refractivity contribution in [2.45, 2.75) is 84.0 Å². The molecular weight excluding hydrogens is 504 g/mol. The first-order valence-electron chi connectivity index (χ1n) is 13.5. The van der Waals surface area contributed by atoms with Gasteiger partial charge in [-0.1, -0.05) is 39.7 Å². The minimum Gasteiger partial charge on any atom is -0.363 e. The Morgan fingerprint density at radius 2 is 1.72 bits per heavy atom. The number of fused-ring (bicyclic) bond motifs is 1. The van der Waals surface area contributed by atoms with Gasteiger partial charge in [0.05, 0.1) is 6.04 Å². The Kier molecular flexibility index (Phi) is 8.76. The number of primary amides is 1. The zero-order chi connectivity index (χ0) is 29.3. The van der Waals surface area contributed by atoms with Gasteiger partial charge in [0.15, 0.2) is 0 Å². The average Bonchev–Trinajstić information content (AvgIpc) is 3.14. The van der Waals surface area contributed by atoms with E-state index in [1.165, 1.54) is 4.90 Å². The van der Waals surface area contributed by atoms with Gasteiger partial charge in [0, 0.05) is 18.6 Å². The van der Waals surface area contributed by atoms with Crippen molar-refractivity contribution in [3.63, 3.8) is 0 Å². The summed E-state index contributed by atoms with van der Waals surface area (Å²) < 4.78 is 0. The molecule has 0 bridgehead atoms. The van der Waals surface area contributed by atoms with Crippen LogP contribution >= 0.6 is 0 Å². The molecule has 12 nitrogen and oxygen atoms in total. The fourth-order valence-corrected chi connectivity index (χ4v) is 5.75. The van der Waals surface area contributed by atoms with E-state index in [4.69, 9.17) is 5.73 Å². The lowest BCUT2D eigenvalue weighted by atomic mass is 9.80. The third-order valence-corrected chi connectivity index (χ3v) is 8.19. The number of likely N-dealkylation sites (tertiary alicyclic amines) is 1. The zero-order valence-corrected chi connectivity index (χ0v) is 23.5. The predicted octanol–water partition coefficient (Wildman–Crippen LogP) is -0.0327. The van der Waals surface area contributed by atoms with Crippen LogP contribution in [0.2, 0.25) is 0 Å². The number of nitrogens with zero attached hydrogens (tertiary/aromatic N) is 1. The van der Waals surface area contributed by atoms with Crippen molar-refractivity contribution < 1.29 is 28.8 Å². The van der Waals surface area contributed by atoms with E-state index in [0.717, 1.165) is 25.3 Å². The van der Waals surface area contributed by atoms with E-state index in [0.29, 0.717) is 6.42 Å². The third kappa shape index (κ3) is 6.96. The smallest absolute Gasteiger partial charge is 0.315 e. The molecule has 3 aliphatic rings. The summed E-state index contributed by atoms with van der Waals surface area (Å²) in [5, 5.41) is 10.6. The molecule has 1 aliphatic heterocycles. The van der Waals surface area contributed by atoms with E-state index in [9.17, 15) is 28.8 Å². The Morgan fingerprint density at radius 3 is 2.23 bits per heavy atom. The van der Waals surface area contributed by atoms with Gasteiger partial charge >= 0.3 is 6.03 Å². The monoisotopic (exact) mass is 546 g/mol. The van der Waals surface area contributed by atoms with Crippen LogP contribution in [0.4, 0.5) is 4.79 Å². The molecule has 12 heteroatoms. The summed E-state index contributed by atoms with van der Waals surface area (Å²) >= 11 is 0. The summed E-state index contributed by atoms with van der Waals surface area (Å²) in [6.07, 6.45) is 4.21. The molecule has 0 aromatic rings. The van der Waals surface area contributed by atoms with E-state index in [2.05, 4.69) is 27.8 Å². The summed E-state index contributed by atoms with van der Waals surface area (Å²) in [4.78, 5) is 77.6. The predicted molar refractivity (Wildman–Crippen MR) is 143 cm³/mol. The Balaban J connectivity index is 1.82. The molecule has 1 saturated heterocycles. The number of hydrogen-bond acceptors (Lipinski definition) is 6. The summed E-state index contributed by atoms with van der Waals surface area (Å²) in [6, 6.07) is -3.74. The summed E-state index contributed by atoms with van der Waals surface area (Å²) in [7, 11) is 0. The molecule has 39 heavy (non-hydrogen) atoms. The number of ketones is 1. The minimum absolute atomic E-state index is 0.0425. The highest BCUT2D eigenvalue weighted by Gasteiger charge is 2.69. The Bertz CT molecular complexity index is 1050. The number of carbonyl (C=O) groups excluding carboxylic acids is 6. The van der Waals surface area contributed by atoms with Crippen LogP contribution < -0.4 is 27.0 Å². The van der Waals surface area contributed by atoms with E-state index >= 15 is 0 Å². The highest BCUT2D eigenvalue weighted by atomic mass is 16.2. The maximum absolute atomic E-state index is 13.8. The first-order valence-corrected chi connectivity index (χ1v) is 13.5. The van der Waals surface area contributed by atoms with E-state index in [1.54, 1.807) is 20.8 Å². The first kappa shape index (κ1) is 30.1. The number of urea groups is 1. The van der Waals surface area contributed by atoms with Crippen LogP contribution in [-0.4, -0.2) is 77.1 Å². The van der Waals surface area contributed by atoms with E-state index in [1.807, 2.05) is 13.8 Å². The number of piperidine rings is 1. The van der Waals surface area contributed by atoms with Crippen LogP contribution in [-0.2, 0) is 24.0 Å². The Morgan fingerprint density at radius 1 is 1.08 bits per heavy atom. The lowest BCUT2D eigenvalue weighted by molar-refractivity contribution is -0.143. The number of rotatable bonds is 11. The molecule has 2 saturated carbocycles. The van der Waals surface area contributed by atoms with Gasteiger partial charge in [0.25, 0.3) is 5.91 Å². The minimum atomic E-state index is -1.16. The van der Waals surface area contributed by atoms with Crippen molar-refractivity contribution in [3.8, 4) is 0 Å². The molecule has 6 N–H and O–H groups in total. The lowest BCUT2D eigenvalue weighted by Gasteiger charge is -2.35. The SMILES string of the molecule is C=CC(=O)NC[C@H](NC(=O)NC(C)(C)C)C(=O)N1C[C@H]2[C@@H]([C@H]1C(=O)NC(CC1CCC1)C(=O)C(N)=O)C2(C)C. The largest absolute Gasteiger partial charge is 0.363 e. The molecular formula is C27H42N6O6. The van der Waals surface area contributed by atoms with Crippen LogP contribution in [0.25, 0.3) is 0 Å². The molecule has 3 fully saturated rings. The molecule has 1 unspecified atom stereocenters. The number of Topliss-reactive ketones (excluding diaryl/α,β-unsaturated/α-hetero) is 1. The maximum atomic E-state index is 13.8. The number of nitrogens with one attached hydrogen (secondary N) is 4. The van der Waals surface area contributed by atoms with E-state index in [-0.39, 0.29) is 36.3 Å². The van der Waals surface area contributed by atoms with Gasteiger partial charge in [-0.2, -0.15) is 0 Å². The summed E-state index contributed by atoms with van der Waals surface area (Å²) in [6.45, 7) is 12.9. The van der Waals surface area contributed by atoms with Gasteiger partial charge in [0.2, 0.25) is 23.5 Å². The molecule has 3 rings (SSSR count).